The Hall–Kier alpha value is 0.864. The number of rotatable bonds is 3. The first-order chi connectivity index (χ1) is 7.44. The predicted molar refractivity (Wildman–Crippen MR) is 52.4 cm³/mol. The largest absolute Gasteiger partial charge is 0.396 e. The van der Waals surface area contributed by atoms with Gasteiger partial charge in [0.1, 0.15) is 17.8 Å². The molecule has 2 fully saturated rings. The van der Waals surface area contributed by atoms with E-state index in [9.17, 15) is 10.2 Å². The number of hydrogen-bond acceptors (Lipinski definition) is 6. The Morgan fingerprint density at radius 2 is 1.76 bits per heavy atom. The van der Waals surface area contributed by atoms with Gasteiger partial charge >= 0.3 is 0 Å². The fourth-order valence-electron chi connectivity index (χ4n) is 2.27. The molecular weight excluding hydrogens is 305 g/mol. The van der Waals surface area contributed by atoms with E-state index in [1.807, 2.05) is 0 Å². The molecule has 2 rings (SSSR count). The molecule has 2 heterocycles. The predicted octanol–water partition coefficient (Wildman–Crippen LogP) is -1.03. The first kappa shape index (κ1) is 15.9. The third-order valence-corrected chi connectivity index (χ3v) is 3.09. The molecule has 0 saturated carbocycles. The molecule has 4 atom stereocenters. The molecule has 2 aliphatic heterocycles. The molecule has 3 N–H and O–H groups in total. The molecule has 0 spiro atoms. The van der Waals surface area contributed by atoms with Gasteiger partial charge in [-0.15, -0.1) is 0 Å². The summed E-state index contributed by atoms with van der Waals surface area (Å²) in [5, 5.41) is 28.3. The van der Waals surface area contributed by atoms with Crippen molar-refractivity contribution in [3.63, 3.8) is 0 Å². The topological polar surface area (TPSA) is 88.4 Å². The van der Waals surface area contributed by atoms with Crippen LogP contribution < -0.4 is 0 Å². The second-order valence-corrected chi connectivity index (χ2v) is 4.73. The monoisotopic (exact) mass is 323 g/mol. The summed E-state index contributed by atoms with van der Waals surface area (Å²) in [5.74, 6) is -0.795. The molecule has 0 bridgehead atoms. The van der Waals surface area contributed by atoms with E-state index in [1.54, 1.807) is 13.8 Å². The van der Waals surface area contributed by atoms with Gasteiger partial charge in [0.25, 0.3) is 0 Å². The van der Waals surface area contributed by atoms with Gasteiger partial charge in [-0.1, -0.05) is 0 Å². The van der Waals surface area contributed by atoms with Gasteiger partial charge in [-0.05, 0) is 13.8 Å². The second-order valence-electron chi connectivity index (χ2n) is 4.73. The molecule has 2 aliphatic rings. The summed E-state index contributed by atoms with van der Waals surface area (Å²) in [5.41, 5.74) is -1.18. The van der Waals surface area contributed by atoms with Crippen LogP contribution in [0.15, 0.2) is 0 Å². The zero-order chi connectivity index (χ0) is 12.0. The maximum Gasteiger partial charge on any atom is 0.190 e. The van der Waals surface area contributed by atoms with Gasteiger partial charge in [-0.2, -0.15) is 0 Å². The molecule has 7 heteroatoms. The van der Waals surface area contributed by atoms with Gasteiger partial charge in [0.2, 0.25) is 0 Å². The molecule has 1 unspecified atom stereocenters. The van der Waals surface area contributed by atoms with E-state index in [4.69, 9.17) is 19.3 Å². The molecular formula is C10H18O6Y. The molecule has 17 heavy (non-hydrogen) atoms. The first-order valence-electron chi connectivity index (χ1n) is 5.37. The third kappa shape index (κ3) is 2.74. The second kappa shape index (κ2) is 5.47. The maximum absolute atomic E-state index is 10.1. The quantitative estimate of drug-likeness (QED) is 0.615. The van der Waals surface area contributed by atoms with Crippen molar-refractivity contribution in [2.45, 2.75) is 50.2 Å². The minimum Gasteiger partial charge on any atom is -0.396 e. The average molecular weight is 323 g/mol. The fourth-order valence-corrected chi connectivity index (χ4v) is 2.27. The summed E-state index contributed by atoms with van der Waals surface area (Å²) in [6.45, 7) is 2.90. The fraction of sp³-hybridized carbons (Fsp3) is 1.00. The molecule has 6 nitrogen and oxygen atoms in total. The molecule has 1 radical (unpaired) electrons. The van der Waals surface area contributed by atoms with Gasteiger partial charge in [0, 0.05) is 45.7 Å². The van der Waals surface area contributed by atoms with Crippen LogP contribution in [-0.4, -0.2) is 58.4 Å². The Kier molecular flexibility index (Phi) is 5.12. The Morgan fingerprint density at radius 3 is 2.24 bits per heavy atom. The van der Waals surface area contributed by atoms with Crippen LogP contribution in [0.1, 0.15) is 20.3 Å². The van der Waals surface area contributed by atoms with Crippen molar-refractivity contribution in [3.8, 4) is 0 Å². The number of hydrogen-bond donors (Lipinski definition) is 3. The van der Waals surface area contributed by atoms with E-state index in [-0.39, 0.29) is 52.3 Å². The maximum atomic E-state index is 10.1. The van der Waals surface area contributed by atoms with Gasteiger partial charge in [0.05, 0.1) is 6.61 Å². The van der Waals surface area contributed by atoms with E-state index in [0.717, 1.165) is 0 Å². The number of ether oxygens (including phenoxy) is 3. The van der Waals surface area contributed by atoms with Crippen LogP contribution in [0.3, 0.4) is 0 Å². The van der Waals surface area contributed by atoms with Gasteiger partial charge < -0.3 is 29.5 Å². The van der Waals surface area contributed by atoms with Crippen molar-refractivity contribution >= 4 is 0 Å². The van der Waals surface area contributed by atoms with Gasteiger partial charge in [-0.25, -0.2) is 0 Å². The standard InChI is InChI=1S/C10H18O6.Y/c1-9(2)14-6-7(13)10(5-12,3-4-11)16-8(6)15-9;/h6-8,11-13H,3-5H2,1-2H3;/t6?,7-,8-,10+;/m1./s1. The molecule has 0 amide bonds. The summed E-state index contributed by atoms with van der Waals surface area (Å²) in [6.07, 6.45) is -2.17. The van der Waals surface area contributed by atoms with Crippen molar-refractivity contribution in [2.24, 2.45) is 0 Å². The number of fused-ring (bicyclic) bond motifs is 1. The average Bonchev–Trinajstić information content (AvgIpc) is 2.62. The number of aliphatic hydroxyl groups excluding tert-OH is 3. The Bertz CT molecular complexity index is 274. The minimum absolute atomic E-state index is 0. The van der Waals surface area contributed by atoms with Crippen LogP contribution in [0.2, 0.25) is 0 Å². The molecule has 97 valence electrons. The van der Waals surface area contributed by atoms with Crippen LogP contribution in [0.25, 0.3) is 0 Å². The summed E-state index contributed by atoms with van der Waals surface area (Å²) in [6, 6.07) is 0. The first-order valence-corrected chi connectivity index (χ1v) is 5.37. The molecule has 2 saturated heterocycles. The van der Waals surface area contributed by atoms with Crippen LogP contribution >= 0.6 is 0 Å². The Morgan fingerprint density at radius 1 is 1.12 bits per heavy atom. The van der Waals surface area contributed by atoms with Crippen LogP contribution in [-0.2, 0) is 46.9 Å². The van der Waals surface area contributed by atoms with E-state index in [1.165, 1.54) is 0 Å². The number of aliphatic hydroxyl groups is 3. The van der Waals surface area contributed by atoms with Crippen molar-refractivity contribution in [2.75, 3.05) is 13.2 Å². The zero-order valence-electron chi connectivity index (χ0n) is 10.00. The van der Waals surface area contributed by atoms with Crippen LogP contribution in [0.5, 0.6) is 0 Å². The van der Waals surface area contributed by atoms with Crippen molar-refractivity contribution < 1.29 is 62.2 Å². The summed E-state index contributed by atoms with van der Waals surface area (Å²) >= 11 is 0. The van der Waals surface area contributed by atoms with E-state index < -0.39 is 29.9 Å². The van der Waals surface area contributed by atoms with Crippen LogP contribution in [0, 0.1) is 0 Å². The van der Waals surface area contributed by atoms with Gasteiger partial charge in [-0.3, -0.25) is 0 Å². The molecule has 0 aliphatic carbocycles. The molecule has 0 aromatic rings. The Labute approximate surface area is 125 Å². The SMILES string of the molecule is CC1(C)OC2[C@H](O1)O[C@](CO)(CCO)[C@@H]2O.[Y]. The molecule has 0 aromatic heterocycles. The van der Waals surface area contributed by atoms with E-state index >= 15 is 0 Å². The smallest absolute Gasteiger partial charge is 0.190 e. The summed E-state index contributed by atoms with van der Waals surface area (Å²) in [4.78, 5) is 0. The van der Waals surface area contributed by atoms with Crippen molar-refractivity contribution in [3.05, 3.63) is 0 Å². The third-order valence-electron chi connectivity index (χ3n) is 3.09. The van der Waals surface area contributed by atoms with Crippen LogP contribution in [0.4, 0.5) is 0 Å². The van der Waals surface area contributed by atoms with E-state index in [2.05, 4.69) is 0 Å². The van der Waals surface area contributed by atoms with Crippen molar-refractivity contribution in [1.82, 2.24) is 0 Å². The minimum atomic E-state index is -1.18. The Balaban J connectivity index is 0.00000144. The van der Waals surface area contributed by atoms with Crippen molar-refractivity contribution in [1.29, 1.82) is 0 Å². The molecule has 0 aromatic carbocycles. The normalized spacial score (nSPS) is 43.2. The van der Waals surface area contributed by atoms with E-state index in [0.29, 0.717) is 0 Å². The summed E-state index contributed by atoms with van der Waals surface area (Å²) < 4.78 is 16.5. The summed E-state index contributed by atoms with van der Waals surface area (Å²) in [7, 11) is 0. The van der Waals surface area contributed by atoms with Gasteiger partial charge in [0.15, 0.2) is 12.1 Å². The zero-order valence-corrected chi connectivity index (χ0v) is 12.8.